The number of hydrogen-bond acceptors (Lipinski definition) is 6. The lowest BCUT2D eigenvalue weighted by Crippen LogP contribution is -2.43. The highest BCUT2D eigenvalue weighted by atomic mass is 32.2. The summed E-state index contributed by atoms with van der Waals surface area (Å²) in [5, 5.41) is 22.0. The number of sulfonamides is 1. The van der Waals surface area contributed by atoms with Gasteiger partial charge in [-0.1, -0.05) is 19.0 Å². The quantitative estimate of drug-likeness (QED) is 0.708. The Morgan fingerprint density at radius 1 is 1.30 bits per heavy atom. The maximum atomic E-state index is 12.5. The highest BCUT2D eigenvalue weighted by Gasteiger charge is 2.33. The van der Waals surface area contributed by atoms with Gasteiger partial charge in [-0.3, -0.25) is 4.79 Å². The third-order valence-corrected chi connectivity index (χ3v) is 6.40. The van der Waals surface area contributed by atoms with Crippen molar-refractivity contribution in [2.24, 2.45) is 17.0 Å². The van der Waals surface area contributed by atoms with E-state index in [-0.39, 0.29) is 19.0 Å². The van der Waals surface area contributed by atoms with E-state index in [1.165, 1.54) is 4.31 Å². The van der Waals surface area contributed by atoms with E-state index in [1.54, 1.807) is 38.1 Å². The molecule has 1 N–H and O–H groups in total. The van der Waals surface area contributed by atoms with Crippen LogP contribution in [0, 0.1) is 23.2 Å². The fourth-order valence-electron chi connectivity index (χ4n) is 2.70. The zero-order valence-corrected chi connectivity index (χ0v) is 16.1. The molecule has 146 valence electrons. The van der Waals surface area contributed by atoms with Crippen LogP contribution in [-0.2, 0) is 14.8 Å². The van der Waals surface area contributed by atoms with Gasteiger partial charge >= 0.3 is 5.97 Å². The molecule has 0 saturated carbocycles. The summed E-state index contributed by atoms with van der Waals surface area (Å²) in [5.74, 6) is -2.18. The van der Waals surface area contributed by atoms with Crippen LogP contribution in [0.15, 0.2) is 29.4 Å². The maximum Gasteiger partial charge on any atom is 0.307 e. The summed E-state index contributed by atoms with van der Waals surface area (Å²) in [6, 6.07) is 8.54. The Bertz CT molecular complexity index is 831. The molecule has 1 aromatic carbocycles. The molecule has 1 aliphatic heterocycles. The molecule has 1 saturated heterocycles. The second kappa shape index (κ2) is 8.97. The summed E-state index contributed by atoms with van der Waals surface area (Å²) in [6.07, 6.45) is 0.851. The first kappa shape index (κ1) is 20.9. The smallest absolute Gasteiger partial charge is 0.307 e. The molecule has 1 aliphatic rings. The third-order valence-electron chi connectivity index (χ3n) is 4.47. The second-order valence-corrected chi connectivity index (χ2v) is 8.76. The molecule has 9 heteroatoms. The average molecular weight is 393 g/mol. The zero-order valence-electron chi connectivity index (χ0n) is 15.3. The van der Waals surface area contributed by atoms with Crippen LogP contribution in [0.2, 0.25) is 0 Å². The number of oxime groups is 1. The Labute approximate surface area is 159 Å². The van der Waals surface area contributed by atoms with Crippen molar-refractivity contribution in [3.63, 3.8) is 0 Å². The third kappa shape index (κ3) is 5.77. The van der Waals surface area contributed by atoms with E-state index in [9.17, 15) is 18.3 Å². The van der Waals surface area contributed by atoms with Crippen molar-refractivity contribution >= 4 is 21.7 Å². The lowest BCUT2D eigenvalue weighted by molar-refractivity contribution is -0.142. The molecular weight excluding hydrogens is 370 g/mol. The number of hydrogen-bond donors (Lipinski definition) is 1. The van der Waals surface area contributed by atoms with Gasteiger partial charge in [0.05, 0.1) is 29.0 Å². The van der Waals surface area contributed by atoms with E-state index in [0.29, 0.717) is 24.2 Å². The van der Waals surface area contributed by atoms with Crippen LogP contribution in [-0.4, -0.2) is 48.4 Å². The van der Waals surface area contributed by atoms with E-state index in [2.05, 4.69) is 5.16 Å². The highest BCUT2D eigenvalue weighted by Crippen LogP contribution is 2.20. The minimum Gasteiger partial charge on any atom is -0.481 e. The minimum atomic E-state index is -3.64. The number of nitriles is 1. The van der Waals surface area contributed by atoms with E-state index in [0.717, 1.165) is 5.71 Å². The largest absolute Gasteiger partial charge is 0.481 e. The molecule has 2 rings (SSSR count). The topological polar surface area (TPSA) is 120 Å². The number of carbonyl (C=O) groups is 1. The molecule has 8 nitrogen and oxygen atoms in total. The van der Waals surface area contributed by atoms with Crippen LogP contribution in [0.3, 0.4) is 0 Å². The van der Waals surface area contributed by atoms with Gasteiger partial charge in [0.25, 0.3) is 0 Å². The fraction of sp³-hybridized carbons (Fsp3) is 0.500. The summed E-state index contributed by atoms with van der Waals surface area (Å²) in [6.45, 7) is 3.91. The van der Waals surface area contributed by atoms with E-state index >= 15 is 0 Å². The van der Waals surface area contributed by atoms with Gasteiger partial charge in [0.1, 0.15) is 0 Å². The molecule has 1 aromatic rings. The van der Waals surface area contributed by atoms with Crippen molar-refractivity contribution in [1.29, 1.82) is 5.26 Å². The van der Waals surface area contributed by atoms with Gasteiger partial charge < -0.3 is 9.94 Å². The van der Waals surface area contributed by atoms with E-state index in [1.807, 2.05) is 6.07 Å². The van der Waals surface area contributed by atoms with Gasteiger partial charge in [-0.15, -0.1) is 0 Å². The van der Waals surface area contributed by atoms with Gasteiger partial charge in [0.2, 0.25) is 10.0 Å². The number of benzene rings is 1. The molecule has 1 unspecified atom stereocenters. The van der Waals surface area contributed by atoms with Gasteiger partial charge in [0.15, 0.2) is 5.75 Å². The van der Waals surface area contributed by atoms with Crippen LogP contribution in [0.5, 0.6) is 5.75 Å². The van der Waals surface area contributed by atoms with Gasteiger partial charge in [0, 0.05) is 25.9 Å². The number of carboxylic acids is 1. The maximum absolute atomic E-state index is 12.5. The van der Waals surface area contributed by atoms with Gasteiger partial charge in [-0.05, 0) is 30.2 Å². The summed E-state index contributed by atoms with van der Waals surface area (Å²) in [4.78, 5) is 16.6. The van der Waals surface area contributed by atoms with Crippen LogP contribution in [0.1, 0.15) is 32.3 Å². The second-order valence-electron chi connectivity index (χ2n) is 6.75. The molecule has 0 aliphatic carbocycles. The normalized spacial score (nSPS) is 16.6. The lowest BCUT2D eigenvalue weighted by Gasteiger charge is -2.28. The summed E-state index contributed by atoms with van der Waals surface area (Å²) in [7, 11) is -3.64. The monoisotopic (exact) mass is 393 g/mol. The zero-order chi connectivity index (χ0) is 20.0. The molecule has 1 heterocycles. The first-order chi connectivity index (χ1) is 12.7. The van der Waals surface area contributed by atoms with Crippen molar-refractivity contribution in [3.8, 4) is 11.8 Å². The Morgan fingerprint density at radius 3 is 2.37 bits per heavy atom. The molecule has 1 atom stereocenters. The fourth-order valence-corrected chi connectivity index (χ4v) is 4.63. The van der Waals surface area contributed by atoms with Crippen LogP contribution >= 0.6 is 0 Å². The molecule has 0 spiro atoms. The summed E-state index contributed by atoms with van der Waals surface area (Å²) >= 11 is 0. The number of rotatable bonds is 7. The molecule has 0 radical (unpaired) electrons. The Hall–Kier alpha value is -2.44. The highest BCUT2D eigenvalue weighted by molar-refractivity contribution is 7.89. The number of piperidine rings is 1. The molecule has 27 heavy (non-hydrogen) atoms. The predicted octanol–water partition coefficient (Wildman–Crippen LogP) is 2.08. The van der Waals surface area contributed by atoms with Crippen molar-refractivity contribution in [2.75, 3.05) is 18.8 Å². The van der Waals surface area contributed by atoms with E-state index < -0.39 is 27.7 Å². The van der Waals surface area contributed by atoms with Gasteiger partial charge in [-0.2, -0.15) is 5.26 Å². The minimum absolute atomic E-state index is 0.252. The Balaban J connectivity index is 1.93. The van der Waals surface area contributed by atoms with Crippen molar-refractivity contribution < 1.29 is 23.2 Å². The Morgan fingerprint density at radius 2 is 1.89 bits per heavy atom. The predicted molar refractivity (Wildman–Crippen MR) is 99.8 cm³/mol. The van der Waals surface area contributed by atoms with Crippen LogP contribution in [0.25, 0.3) is 0 Å². The molecule has 0 bridgehead atoms. The van der Waals surface area contributed by atoms with Crippen molar-refractivity contribution in [1.82, 2.24) is 4.31 Å². The van der Waals surface area contributed by atoms with Crippen molar-refractivity contribution in [3.05, 3.63) is 29.8 Å². The number of nitrogens with zero attached hydrogens (tertiary/aromatic N) is 3. The standard InChI is InChI=1S/C18H23N3O5S/c1-13(2)17(18(22)23)12-27(24,25)21-9-7-15(8-10-21)20-26-16-5-3-14(11-19)4-6-16/h3-6,13,17H,7-10,12H2,1-2H3,(H,22,23). The lowest BCUT2D eigenvalue weighted by atomic mass is 9.98. The molecular formula is C18H23N3O5S. The summed E-state index contributed by atoms with van der Waals surface area (Å²) in [5.41, 5.74) is 1.26. The molecule has 0 aromatic heterocycles. The van der Waals surface area contributed by atoms with Crippen LogP contribution in [0.4, 0.5) is 0 Å². The SMILES string of the molecule is CC(C)C(CS(=O)(=O)N1CCC(=NOc2ccc(C#N)cc2)CC1)C(=O)O. The Kier molecular flexibility index (Phi) is 6.93. The number of aliphatic carboxylic acids is 1. The van der Waals surface area contributed by atoms with Crippen LogP contribution < -0.4 is 4.84 Å². The van der Waals surface area contributed by atoms with Gasteiger partial charge in [-0.25, -0.2) is 12.7 Å². The van der Waals surface area contributed by atoms with Crippen molar-refractivity contribution in [2.45, 2.75) is 26.7 Å². The first-order valence-electron chi connectivity index (χ1n) is 8.66. The first-order valence-corrected chi connectivity index (χ1v) is 10.3. The molecule has 0 amide bonds. The average Bonchev–Trinajstić information content (AvgIpc) is 2.65. The number of carboxylic acid groups (broad SMARTS) is 1. The summed E-state index contributed by atoms with van der Waals surface area (Å²) < 4.78 is 26.4. The molecule has 1 fully saturated rings. The van der Waals surface area contributed by atoms with E-state index in [4.69, 9.17) is 10.1 Å².